The Hall–Kier alpha value is -1.03. The maximum absolute atomic E-state index is 11.0. The first-order chi connectivity index (χ1) is 22.8. The Balaban J connectivity index is 0.00000625. The molecule has 0 spiro atoms. The van der Waals surface area contributed by atoms with E-state index in [2.05, 4.69) is 51.2 Å². The predicted molar refractivity (Wildman–Crippen MR) is 172 cm³/mol. The van der Waals surface area contributed by atoms with Crippen LogP contribution in [0.5, 0.6) is 0 Å². The van der Waals surface area contributed by atoms with Gasteiger partial charge in [-0.3, -0.25) is 0 Å². The molecule has 0 atom stereocenters. The van der Waals surface area contributed by atoms with E-state index in [0.29, 0.717) is 11.4 Å². The molecule has 0 bridgehead atoms. The zero-order chi connectivity index (χ0) is 35.2. The van der Waals surface area contributed by atoms with Gasteiger partial charge in [-0.15, -0.1) is 0 Å². The normalized spacial score (nSPS) is 11.2. The van der Waals surface area contributed by atoms with Gasteiger partial charge in [0.1, 0.15) is 0 Å². The molecule has 0 radical (unpaired) electrons. The predicted octanol–water partition coefficient (Wildman–Crippen LogP) is -8.95. The zero-order valence-electron chi connectivity index (χ0n) is 27.4. The van der Waals surface area contributed by atoms with Crippen molar-refractivity contribution in [1.29, 1.82) is 0 Å². The van der Waals surface area contributed by atoms with Gasteiger partial charge < -0.3 is 60.6 Å². The van der Waals surface area contributed by atoms with Gasteiger partial charge in [0.25, 0.3) is 0 Å². The van der Waals surface area contributed by atoms with Crippen LogP contribution in [0.4, 0.5) is 47.1 Å². The number of aliphatic hydroxyl groups excluding tert-OH is 4. The van der Waals surface area contributed by atoms with Gasteiger partial charge >= 0.3 is 103 Å². The van der Waals surface area contributed by atoms with Gasteiger partial charge in [-0.2, -0.15) is 29.9 Å². The van der Waals surface area contributed by atoms with Gasteiger partial charge in [0.2, 0.25) is 35.7 Å². The Morgan fingerprint density at radius 3 is 1.24 bits per heavy atom. The number of aromatic nitrogens is 6. The first-order valence-corrected chi connectivity index (χ1v) is 17.4. The molecule has 0 aliphatic carbocycles. The van der Waals surface area contributed by atoms with Crippen molar-refractivity contribution in [2.24, 2.45) is 0 Å². The van der Waals surface area contributed by atoms with Gasteiger partial charge in [-0.25, -0.2) is 16.8 Å². The Bertz CT molecular complexity index is 1570. The van der Waals surface area contributed by atoms with Crippen LogP contribution in [0.25, 0.3) is 0 Å². The minimum atomic E-state index is -4.52. The molecule has 2 heterocycles. The zero-order valence-corrected chi connectivity index (χ0v) is 35.3. The molecule has 0 aliphatic rings. The summed E-state index contributed by atoms with van der Waals surface area (Å²) >= 11 is 0. The molecule has 3 aromatic rings. The van der Waals surface area contributed by atoms with Crippen molar-refractivity contribution in [2.75, 3.05) is 108 Å². The molecule has 1 aromatic carbocycles. The third kappa shape index (κ3) is 17.7. The van der Waals surface area contributed by atoms with Crippen molar-refractivity contribution in [3.05, 3.63) is 24.3 Å². The summed E-state index contributed by atoms with van der Waals surface area (Å²) in [5.74, 6) is -1.59. The average molecular weight is 795 g/mol. The van der Waals surface area contributed by atoms with Crippen LogP contribution in [0.2, 0.25) is 0 Å². The summed E-state index contributed by atoms with van der Waals surface area (Å²) in [7, 11) is -9.03. The maximum atomic E-state index is 11.0. The van der Waals surface area contributed by atoms with Crippen LogP contribution >= 0.6 is 0 Å². The molecule has 0 aliphatic heterocycles. The SMILES string of the molecule is O=S(=O)([O-])CCNc1nc(Nc2cccc(Nc3nc(NCCS(=O)(=O)[O-])nc(N(CCO)CCO)n3)c2)nc(N(CCO)CCO)n1.[K+].[K+]. The summed E-state index contributed by atoms with van der Waals surface area (Å²) in [5.41, 5.74) is 0.855. The van der Waals surface area contributed by atoms with Gasteiger partial charge in [-0.1, -0.05) is 6.07 Å². The quantitative estimate of drug-likeness (QED) is 0.0346. The monoisotopic (exact) mass is 794 g/mol. The minimum absolute atomic E-state index is 0. The molecular formula is C24H36K2N12O10S2. The summed E-state index contributed by atoms with van der Waals surface area (Å²) in [6.45, 7) is -1.50. The van der Waals surface area contributed by atoms with E-state index in [1.807, 2.05) is 0 Å². The van der Waals surface area contributed by atoms with Crippen molar-refractivity contribution in [2.45, 2.75) is 0 Å². The number of nitrogens with one attached hydrogen (secondary N) is 4. The second kappa shape index (κ2) is 23.6. The van der Waals surface area contributed by atoms with Crippen LogP contribution in [0, 0.1) is 0 Å². The third-order valence-electron chi connectivity index (χ3n) is 5.94. The summed E-state index contributed by atoms with van der Waals surface area (Å²) in [5, 5.41) is 49.1. The standard InChI is InChI=1S/C24H38N12O10S2.2K/c37-10-6-35(7-11-38)23-31-19(25-4-14-47(41,42)43)29-21(33-23)27-17-2-1-3-18(16-17)28-22-30-20(26-5-15-48(44,45)46)32-24(34-22)36(8-12-39)9-13-40;;/h1-3,16,37-40H,4-15H2,(H,41,42,43)(H,44,45,46)(H2,25,27,29,31,33)(H2,26,28,30,32,34);;/q;2*+1/p-2. The molecule has 0 fully saturated rings. The average Bonchev–Trinajstić information content (AvgIpc) is 2.99. The Kier molecular flexibility index (Phi) is 22.2. The van der Waals surface area contributed by atoms with Crippen LogP contribution in [0.3, 0.4) is 0 Å². The molecular weight excluding hydrogens is 759 g/mol. The molecule has 2 aromatic heterocycles. The van der Waals surface area contributed by atoms with Gasteiger partial charge in [0.05, 0.1) is 58.2 Å². The minimum Gasteiger partial charge on any atom is -0.748 e. The third-order valence-corrected chi connectivity index (χ3v) is 7.35. The summed E-state index contributed by atoms with van der Waals surface area (Å²) < 4.78 is 66.3. The largest absolute Gasteiger partial charge is 1.00 e. The first-order valence-electron chi connectivity index (χ1n) is 14.3. The molecule has 0 unspecified atom stereocenters. The Morgan fingerprint density at radius 1 is 0.580 bits per heavy atom. The van der Waals surface area contributed by atoms with Crippen LogP contribution in [-0.4, -0.2) is 153 Å². The van der Waals surface area contributed by atoms with E-state index < -0.39 is 31.7 Å². The van der Waals surface area contributed by atoms with E-state index in [9.17, 15) is 46.4 Å². The molecule has 50 heavy (non-hydrogen) atoms. The summed E-state index contributed by atoms with van der Waals surface area (Å²) in [6, 6.07) is 6.58. The molecule has 0 amide bonds. The van der Waals surface area contributed by atoms with Crippen molar-refractivity contribution in [3.8, 4) is 0 Å². The summed E-state index contributed by atoms with van der Waals surface area (Å²) in [4.78, 5) is 28.5. The van der Waals surface area contributed by atoms with Gasteiger partial charge in [0.15, 0.2) is 0 Å². The second-order valence-corrected chi connectivity index (χ2v) is 12.7. The van der Waals surface area contributed by atoms with E-state index in [1.54, 1.807) is 24.3 Å². The fourth-order valence-corrected chi connectivity index (χ4v) is 4.60. The van der Waals surface area contributed by atoms with Crippen molar-refractivity contribution in [3.63, 3.8) is 0 Å². The Morgan fingerprint density at radius 2 is 0.920 bits per heavy atom. The van der Waals surface area contributed by atoms with E-state index in [4.69, 9.17) is 0 Å². The number of nitrogens with zero attached hydrogens (tertiary/aromatic N) is 8. The fourth-order valence-electron chi connectivity index (χ4n) is 3.90. The van der Waals surface area contributed by atoms with Crippen LogP contribution in [-0.2, 0) is 20.2 Å². The molecule has 8 N–H and O–H groups in total. The van der Waals surface area contributed by atoms with E-state index in [0.717, 1.165) is 0 Å². The summed E-state index contributed by atoms with van der Waals surface area (Å²) in [6.07, 6.45) is 0. The van der Waals surface area contributed by atoms with Gasteiger partial charge in [-0.05, 0) is 18.2 Å². The number of anilines is 8. The van der Waals surface area contributed by atoms with E-state index in [1.165, 1.54) is 9.80 Å². The number of benzene rings is 1. The Labute approximate surface area is 373 Å². The number of hydrogen-bond donors (Lipinski definition) is 8. The first kappa shape index (κ1) is 47.0. The van der Waals surface area contributed by atoms with Crippen LogP contribution < -0.4 is 134 Å². The van der Waals surface area contributed by atoms with Crippen LogP contribution in [0.15, 0.2) is 24.3 Å². The van der Waals surface area contributed by atoms with Crippen molar-refractivity contribution >= 4 is 67.3 Å². The molecule has 26 heteroatoms. The second-order valence-electron chi connectivity index (χ2n) is 9.64. The number of aliphatic hydroxyl groups is 4. The molecule has 3 rings (SSSR count). The molecule has 266 valence electrons. The number of rotatable bonds is 22. The van der Waals surface area contributed by atoms with E-state index >= 15 is 0 Å². The smallest absolute Gasteiger partial charge is 0.748 e. The molecule has 0 saturated carbocycles. The molecule has 0 saturated heterocycles. The fraction of sp³-hybridized carbons (Fsp3) is 0.500. The van der Waals surface area contributed by atoms with Crippen LogP contribution in [0.1, 0.15) is 0 Å². The van der Waals surface area contributed by atoms with Gasteiger partial charge in [0, 0.05) is 50.6 Å². The van der Waals surface area contributed by atoms with Crippen molar-refractivity contribution < 1.29 is 149 Å². The van der Waals surface area contributed by atoms with E-state index in [-0.39, 0.29) is 204 Å². The molecule has 22 nitrogen and oxygen atoms in total. The number of hydrogen-bond acceptors (Lipinski definition) is 22. The van der Waals surface area contributed by atoms with Crippen molar-refractivity contribution in [1.82, 2.24) is 29.9 Å². The topological polar surface area (TPSA) is 327 Å². The maximum Gasteiger partial charge on any atom is 1.00 e.